The van der Waals surface area contributed by atoms with Gasteiger partial charge in [-0.25, -0.2) is 4.92 Å². The van der Waals surface area contributed by atoms with Crippen LogP contribution in [-0.4, -0.2) is 46.4 Å². The predicted octanol–water partition coefficient (Wildman–Crippen LogP) is 0.972. The molecule has 2 aromatic carbocycles. The van der Waals surface area contributed by atoms with Gasteiger partial charge in [0.25, 0.3) is 0 Å². The predicted molar refractivity (Wildman–Crippen MR) is 116 cm³/mol. The van der Waals surface area contributed by atoms with Crippen molar-refractivity contribution in [2.75, 3.05) is 6.54 Å². The van der Waals surface area contributed by atoms with Crippen LogP contribution in [0.1, 0.15) is 29.5 Å². The topological polar surface area (TPSA) is 109 Å². The average Bonchev–Trinajstić information content (AvgIpc) is 2.74. The maximum absolute atomic E-state index is 13.1. The van der Waals surface area contributed by atoms with Crippen LogP contribution in [-0.2, 0) is 16.0 Å². The molecule has 1 aliphatic heterocycles. The molecule has 1 aliphatic rings. The third-order valence-corrected chi connectivity index (χ3v) is 5.37. The van der Waals surface area contributed by atoms with Crippen LogP contribution in [0.15, 0.2) is 60.0 Å². The molecule has 0 saturated heterocycles. The number of fused-ring (bicyclic) bond motifs is 2. The first-order valence-electron chi connectivity index (χ1n) is 9.69. The Kier molecular flexibility index (Phi) is 5.43. The molecule has 0 spiro atoms. The van der Waals surface area contributed by atoms with Crippen LogP contribution in [0.5, 0.6) is 0 Å². The number of carbonyl (C=O) groups excluding carboxylic acids is 2. The summed E-state index contributed by atoms with van der Waals surface area (Å²) in [5.41, 5.74) is 8.81. The van der Waals surface area contributed by atoms with Crippen LogP contribution in [0.25, 0.3) is 10.8 Å². The maximum atomic E-state index is 13.1. The first-order valence-corrected chi connectivity index (χ1v) is 9.69. The minimum atomic E-state index is -1.19. The Labute approximate surface area is 174 Å². The summed E-state index contributed by atoms with van der Waals surface area (Å²) in [6.45, 7) is 1.48. The van der Waals surface area contributed by atoms with Gasteiger partial charge in [-0.2, -0.15) is 5.10 Å². The van der Waals surface area contributed by atoms with Gasteiger partial charge in [-0.1, -0.05) is 36.4 Å². The van der Waals surface area contributed by atoms with E-state index in [1.807, 2.05) is 30.3 Å². The van der Waals surface area contributed by atoms with Crippen molar-refractivity contribution >= 4 is 41.2 Å². The van der Waals surface area contributed by atoms with Gasteiger partial charge in [-0.15, -0.1) is 0 Å². The number of aromatic nitrogens is 1. The smallest absolute Gasteiger partial charge is 0.427 e. The highest BCUT2D eigenvalue weighted by Crippen LogP contribution is 2.21. The first-order chi connectivity index (χ1) is 14.5. The number of hydrogen-bond acceptors (Lipinski definition) is 6. The first kappa shape index (κ1) is 19.9. The lowest BCUT2D eigenvalue weighted by atomic mass is 9.68. The zero-order valence-corrected chi connectivity index (χ0v) is 16.5. The van der Waals surface area contributed by atoms with Gasteiger partial charge >= 0.3 is 7.05 Å². The number of hydrazone groups is 1. The monoisotopic (exact) mass is 400 g/mol. The average molecular weight is 400 g/mol. The van der Waals surface area contributed by atoms with Gasteiger partial charge in [0, 0.05) is 37.7 Å². The van der Waals surface area contributed by atoms with Crippen molar-refractivity contribution in [1.82, 2.24) is 9.90 Å². The Morgan fingerprint density at radius 3 is 2.77 bits per heavy atom. The second kappa shape index (κ2) is 8.18. The molecule has 7 nitrogen and oxygen atoms in total. The molecule has 0 fully saturated rings. The fourth-order valence-electron chi connectivity index (χ4n) is 3.74. The highest BCUT2D eigenvalue weighted by molar-refractivity contribution is 6.67. The molecule has 8 heteroatoms. The molecule has 0 unspecified atom stereocenters. The molecular weight excluding hydrogens is 379 g/mol. The maximum Gasteiger partial charge on any atom is 0.474 e. The van der Waals surface area contributed by atoms with Crippen molar-refractivity contribution in [3.63, 3.8) is 0 Å². The van der Waals surface area contributed by atoms with Gasteiger partial charge in [-0.3, -0.25) is 14.6 Å². The van der Waals surface area contributed by atoms with E-state index in [9.17, 15) is 14.6 Å². The number of nitrogens with zero attached hydrogens (tertiary/aromatic N) is 3. The lowest BCUT2D eigenvalue weighted by Gasteiger charge is -2.25. The molecule has 0 saturated carbocycles. The Balaban J connectivity index is 1.60. The Bertz CT molecular complexity index is 1160. The molecule has 0 radical (unpaired) electrons. The van der Waals surface area contributed by atoms with Crippen molar-refractivity contribution in [3.8, 4) is 0 Å². The zero-order valence-electron chi connectivity index (χ0n) is 16.5. The molecule has 3 N–H and O–H groups in total. The molecule has 2 heterocycles. The molecule has 1 atom stereocenters. The van der Waals surface area contributed by atoms with E-state index >= 15 is 0 Å². The van der Waals surface area contributed by atoms with Crippen LogP contribution in [0.2, 0.25) is 0 Å². The Hall–Kier alpha value is -3.36. The lowest BCUT2D eigenvalue weighted by molar-refractivity contribution is -0.125. The number of rotatable bonds is 5. The number of Topliss-reactive ketones (excluding diaryl/α,β-unsaturated/α-hetero) is 1. The fraction of sp³-hybridized carbons (Fsp3) is 0.182. The number of pyridine rings is 1. The van der Waals surface area contributed by atoms with Crippen LogP contribution >= 0.6 is 0 Å². The third-order valence-electron chi connectivity index (χ3n) is 5.37. The van der Waals surface area contributed by atoms with Crippen molar-refractivity contribution in [1.29, 1.82) is 0 Å². The minimum absolute atomic E-state index is 0.00625. The van der Waals surface area contributed by atoms with Crippen LogP contribution in [0, 0.1) is 0 Å². The SMILES string of the molecule is CC(=O)N1N=Cc2ccc([C@@H](CN)C(=O)Cc3ccc4cnccc4c3)cc2B1O. The summed E-state index contributed by atoms with van der Waals surface area (Å²) in [7, 11) is -1.19. The molecule has 4 rings (SSSR count). The molecule has 0 aliphatic carbocycles. The highest BCUT2D eigenvalue weighted by Gasteiger charge is 2.33. The van der Waals surface area contributed by atoms with Crippen LogP contribution < -0.4 is 11.2 Å². The van der Waals surface area contributed by atoms with E-state index in [4.69, 9.17) is 5.73 Å². The standard InChI is InChI=1S/C22H21BN4O3/c1-14(28)27-23(30)21-10-17(4-5-19(21)13-26-27)20(11-24)22(29)9-15-2-3-18-12-25-7-6-16(18)8-15/h2-8,10,12-13,20,30H,9,11,24H2,1H3/t20-/m1/s1. The minimum Gasteiger partial charge on any atom is -0.427 e. The van der Waals surface area contributed by atoms with E-state index in [-0.39, 0.29) is 24.7 Å². The summed E-state index contributed by atoms with van der Waals surface area (Å²) in [5.74, 6) is -0.888. The number of amides is 1. The normalized spacial score (nSPS) is 14.0. The fourth-order valence-corrected chi connectivity index (χ4v) is 3.74. The number of benzene rings is 2. The summed E-state index contributed by atoms with van der Waals surface area (Å²) in [6, 6.07) is 13.1. The van der Waals surface area contributed by atoms with Crippen molar-refractivity contribution in [2.45, 2.75) is 19.3 Å². The van der Waals surface area contributed by atoms with Gasteiger partial charge in [0.15, 0.2) is 0 Å². The summed E-state index contributed by atoms with van der Waals surface area (Å²) in [5, 5.41) is 16.5. The Morgan fingerprint density at radius 2 is 2.00 bits per heavy atom. The Morgan fingerprint density at radius 1 is 1.17 bits per heavy atom. The van der Waals surface area contributed by atoms with E-state index in [1.165, 1.54) is 13.1 Å². The molecule has 0 bridgehead atoms. The summed E-state index contributed by atoms with van der Waals surface area (Å²) >= 11 is 0. The van der Waals surface area contributed by atoms with Crippen molar-refractivity contribution in [2.24, 2.45) is 10.8 Å². The largest absolute Gasteiger partial charge is 0.474 e. The zero-order chi connectivity index (χ0) is 21.3. The third kappa shape index (κ3) is 3.75. The van der Waals surface area contributed by atoms with Gasteiger partial charge in [0.1, 0.15) is 5.78 Å². The summed E-state index contributed by atoms with van der Waals surface area (Å²) < 4.78 is 0. The van der Waals surface area contributed by atoms with Gasteiger partial charge in [0.05, 0.1) is 12.1 Å². The number of nitrogens with two attached hydrogens (primary N) is 1. The number of ketones is 1. The van der Waals surface area contributed by atoms with Crippen molar-refractivity contribution < 1.29 is 14.6 Å². The van der Waals surface area contributed by atoms with E-state index < -0.39 is 13.0 Å². The second-order valence-corrected chi connectivity index (χ2v) is 7.36. The number of hydrogen-bond donors (Lipinski definition) is 2. The van der Waals surface area contributed by atoms with Crippen molar-refractivity contribution in [3.05, 3.63) is 71.5 Å². The van der Waals surface area contributed by atoms with E-state index in [0.29, 0.717) is 16.6 Å². The molecule has 1 amide bonds. The van der Waals surface area contributed by atoms with E-state index in [0.717, 1.165) is 21.3 Å². The van der Waals surface area contributed by atoms with E-state index in [2.05, 4.69) is 10.1 Å². The lowest BCUT2D eigenvalue weighted by Crippen LogP contribution is -2.51. The highest BCUT2D eigenvalue weighted by atomic mass is 16.2. The van der Waals surface area contributed by atoms with Crippen LogP contribution in [0.3, 0.4) is 0 Å². The van der Waals surface area contributed by atoms with E-state index in [1.54, 1.807) is 24.5 Å². The molecular formula is C22H21BN4O3. The second-order valence-electron chi connectivity index (χ2n) is 7.36. The molecule has 1 aromatic heterocycles. The summed E-state index contributed by atoms with van der Waals surface area (Å²) in [6.07, 6.45) is 5.29. The quantitative estimate of drug-likeness (QED) is 0.621. The number of carbonyl (C=O) groups is 2. The molecule has 150 valence electrons. The van der Waals surface area contributed by atoms with Crippen LogP contribution in [0.4, 0.5) is 0 Å². The van der Waals surface area contributed by atoms with Gasteiger partial charge in [0.2, 0.25) is 5.91 Å². The van der Waals surface area contributed by atoms with Gasteiger partial charge < -0.3 is 10.8 Å². The molecule has 30 heavy (non-hydrogen) atoms. The molecule has 3 aromatic rings. The van der Waals surface area contributed by atoms with Gasteiger partial charge in [-0.05, 0) is 33.6 Å². The summed E-state index contributed by atoms with van der Waals surface area (Å²) in [4.78, 5) is 29.8.